The minimum atomic E-state index is -4.04. The molecule has 2 nitrogen and oxygen atoms in total. The quantitative estimate of drug-likeness (QED) is 0.909. The molecule has 0 amide bonds. The first-order valence-electron chi connectivity index (χ1n) is 6.75. The van der Waals surface area contributed by atoms with Crippen molar-refractivity contribution in [1.82, 2.24) is 10.3 Å². The summed E-state index contributed by atoms with van der Waals surface area (Å²) >= 11 is 0. The van der Waals surface area contributed by atoms with Crippen molar-refractivity contribution < 1.29 is 13.2 Å². The lowest BCUT2D eigenvalue weighted by Gasteiger charge is -2.31. The molecule has 0 aromatic carbocycles. The molecule has 1 heterocycles. The van der Waals surface area contributed by atoms with Crippen molar-refractivity contribution in [2.24, 2.45) is 5.92 Å². The number of rotatable bonds is 4. The lowest BCUT2D eigenvalue weighted by molar-refractivity contribution is -0.183. The zero-order valence-corrected chi connectivity index (χ0v) is 10.8. The van der Waals surface area contributed by atoms with Gasteiger partial charge in [0.15, 0.2) is 0 Å². The minimum Gasteiger partial charge on any atom is -0.314 e. The largest absolute Gasteiger partial charge is 0.391 e. The molecular weight excluding hydrogens is 253 g/mol. The molecular formula is C14H19F3N2. The topological polar surface area (TPSA) is 24.9 Å². The maximum atomic E-state index is 12.7. The Labute approximate surface area is 111 Å². The fraction of sp³-hybridized carbons (Fsp3) is 0.643. The molecule has 0 radical (unpaired) electrons. The van der Waals surface area contributed by atoms with Gasteiger partial charge in [-0.05, 0) is 31.4 Å². The van der Waals surface area contributed by atoms with E-state index in [1.807, 2.05) is 18.2 Å². The molecule has 5 heteroatoms. The fourth-order valence-electron chi connectivity index (χ4n) is 2.62. The third-order valence-electron chi connectivity index (χ3n) is 3.68. The normalized spacial score (nSPS) is 24.4. The van der Waals surface area contributed by atoms with E-state index in [9.17, 15) is 13.2 Å². The first kappa shape index (κ1) is 14.3. The molecule has 106 valence electrons. The van der Waals surface area contributed by atoms with Gasteiger partial charge in [0.2, 0.25) is 0 Å². The van der Waals surface area contributed by atoms with Crippen LogP contribution in [0.1, 0.15) is 31.4 Å². The fourth-order valence-corrected chi connectivity index (χ4v) is 2.62. The van der Waals surface area contributed by atoms with Crippen molar-refractivity contribution >= 4 is 0 Å². The summed E-state index contributed by atoms with van der Waals surface area (Å²) in [5, 5.41) is 3.23. The average molecular weight is 272 g/mol. The van der Waals surface area contributed by atoms with Crippen LogP contribution in [0.4, 0.5) is 13.2 Å². The van der Waals surface area contributed by atoms with Gasteiger partial charge in [0.1, 0.15) is 0 Å². The highest BCUT2D eigenvalue weighted by molar-refractivity contribution is 5.03. The monoisotopic (exact) mass is 272 g/mol. The zero-order valence-electron chi connectivity index (χ0n) is 10.8. The number of nitrogens with zero attached hydrogens (tertiary/aromatic N) is 1. The van der Waals surface area contributed by atoms with E-state index in [-0.39, 0.29) is 18.9 Å². The van der Waals surface area contributed by atoms with Crippen LogP contribution in [0.25, 0.3) is 0 Å². The molecule has 0 spiro atoms. The van der Waals surface area contributed by atoms with Gasteiger partial charge in [-0.1, -0.05) is 12.5 Å². The summed E-state index contributed by atoms with van der Waals surface area (Å²) in [6, 6.07) is 5.69. The van der Waals surface area contributed by atoms with Crippen molar-refractivity contribution in [3.8, 4) is 0 Å². The van der Waals surface area contributed by atoms with Crippen LogP contribution in [-0.4, -0.2) is 23.7 Å². The van der Waals surface area contributed by atoms with Gasteiger partial charge in [0.25, 0.3) is 0 Å². The van der Waals surface area contributed by atoms with Crippen LogP contribution in [0.2, 0.25) is 0 Å². The molecule has 1 N–H and O–H groups in total. The van der Waals surface area contributed by atoms with E-state index >= 15 is 0 Å². The molecule has 0 aliphatic heterocycles. The van der Waals surface area contributed by atoms with E-state index in [1.165, 1.54) is 0 Å². The van der Waals surface area contributed by atoms with Crippen LogP contribution in [-0.2, 0) is 6.42 Å². The van der Waals surface area contributed by atoms with Gasteiger partial charge < -0.3 is 5.32 Å². The molecule has 1 fully saturated rings. The van der Waals surface area contributed by atoms with E-state index in [0.29, 0.717) is 13.0 Å². The summed E-state index contributed by atoms with van der Waals surface area (Å²) in [6.07, 6.45) is 0.443. The Morgan fingerprint density at radius 2 is 2.11 bits per heavy atom. The molecule has 0 bridgehead atoms. The van der Waals surface area contributed by atoms with Crippen LogP contribution in [0.5, 0.6) is 0 Å². The highest BCUT2D eigenvalue weighted by atomic mass is 19.4. The molecule has 1 saturated carbocycles. The number of hydrogen-bond donors (Lipinski definition) is 1. The van der Waals surface area contributed by atoms with Gasteiger partial charge in [0.05, 0.1) is 5.92 Å². The van der Waals surface area contributed by atoms with E-state index in [4.69, 9.17) is 0 Å². The molecule has 2 unspecified atom stereocenters. The number of hydrogen-bond acceptors (Lipinski definition) is 2. The van der Waals surface area contributed by atoms with Gasteiger partial charge in [-0.25, -0.2) is 0 Å². The maximum Gasteiger partial charge on any atom is 0.391 e. The average Bonchev–Trinajstić information content (AvgIpc) is 2.39. The summed E-state index contributed by atoms with van der Waals surface area (Å²) in [6.45, 7) is 0.687. The number of halogens is 3. The van der Waals surface area contributed by atoms with E-state index in [1.54, 1.807) is 6.20 Å². The molecule has 1 aromatic heterocycles. The van der Waals surface area contributed by atoms with Crippen molar-refractivity contribution in [2.75, 3.05) is 6.54 Å². The third kappa shape index (κ3) is 4.49. The molecule has 19 heavy (non-hydrogen) atoms. The highest BCUT2D eigenvalue weighted by Crippen LogP contribution is 2.37. The predicted octanol–water partition coefficient (Wildman–Crippen LogP) is 3.33. The van der Waals surface area contributed by atoms with Crippen LogP contribution in [0.3, 0.4) is 0 Å². The van der Waals surface area contributed by atoms with Gasteiger partial charge in [0, 0.05) is 30.9 Å². The van der Waals surface area contributed by atoms with Crippen LogP contribution < -0.4 is 5.32 Å². The number of pyridine rings is 1. The zero-order chi connectivity index (χ0) is 13.7. The van der Waals surface area contributed by atoms with Gasteiger partial charge in [-0.3, -0.25) is 4.98 Å². The lowest BCUT2D eigenvalue weighted by atomic mass is 9.85. The van der Waals surface area contributed by atoms with Crippen LogP contribution >= 0.6 is 0 Å². The standard InChI is InChI=1S/C14H19F3N2/c15-14(16,17)11-4-3-6-13(10-11)19-9-7-12-5-1-2-8-18-12/h1-2,5,8,11,13,19H,3-4,6-7,9-10H2. The Balaban J connectivity index is 1.74. The Kier molecular flexibility index (Phi) is 4.80. The summed E-state index contributed by atoms with van der Waals surface area (Å²) in [5.41, 5.74) is 0.971. The first-order valence-corrected chi connectivity index (χ1v) is 6.75. The van der Waals surface area contributed by atoms with E-state index < -0.39 is 12.1 Å². The molecule has 0 saturated heterocycles. The van der Waals surface area contributed by atoms with Crippen molar-refractivity contribution in [3.63, 3.8) is 0 Å². The van der Waals surface area contributed by atoms with Crippen LogP contribution in [0, 0.1) is 5.92 Å². The molecule has 2 rings (SSSR count). The second-order valence-corrected chi connectivity index (χ2v) is 5.13. The highest BCUT2D eigenvalue weighted by Gasteiger charge is 2.41. The SMILES string of the molecule is FC(F)(F)C1CCCC(NCCc2ccccn2)C1. The number of alkyl halides is 3. The first-order chi connectivity index (χ1) is 9.05. The third-order valence-corrected chi connectivity index (χ3v) is 3.68. The second kappa shape index (κ2) is 6.37. The number of aromatic nitrogens is 1. The van der Waals surface area contributed by atoms with Crippen molar-refractivity contribution in [2.45, 2.75) is 44.3 Å². The van der Waals surface area contributed by atoms with E-state index in [0.717, 1.165) is 18.5 Å². The summed E-state index contributed by atoms with van der Waals surface area (Å²) in [4.78, 5) is 4.20. The van der Waals surface area contributed by atoms with Gasteiger partial charge >= 0.3 is 6.18 Å². The van der Waals surface area contributed by atoms with E-state index in [2.05, 4.69) is 10.3 Å². The summed E-state index contributed by atoms with van der Waals surface area (Å²) in [7, 11) is 0. The summed E-state index contributed by atoms with van der Waals surface area (Å²) in [5.74, 6) is -1.13. The Morgan fingerprint density at radius 1 is 1.26 bits per heavy atom. The molecule has 2 atom stereocenters. The smallest absolute Gasteiger partial charge is 0.314 e. The minimum absolute atomic E-state index is 0.0101. The number of nitrogens with one attached hydrogen (secondary N) is 1. The molecule has 1 aliphatic carbocycles. The van der Waals surface area contributed by atoms with Gasteiger partial charge in [-0.2, -0.15) is 13.2 Å². The lowest BCUT2D eigenvalue weighted by Crippen LogP contribution is -2.39. The van der Waals surface area contributed by atoms with Crippen molar-refractivity contribution in [3.05, 3.63) is 30.1 Å². The van der Waals surface area contributed by atoms with Crippen molar-refractivity contribution in [1.29, 1.82) is 0 Å². The predicted molar refractivity (Wildman–Crippen MR) is 67.7 cm³/mol. The second-order valence-electron chi connectivity index (χ2n) is 5.13. The van der Waals surface area contributed by atoms with Gasteiger partial charge in [-0.15, -0.1) is 0 Å². The Morgan fingerprint density at radius 3 is 2.79 bits per heavy atom. The Hall–Kier alpha value is -1.10. The maximum absolute atomic E-state index is 12.7. The Bertz CT molecular complexity index is 378. The molecule has 1 aromatic rings. The molecule has 1 aliphatic rings. The van der Waals surface area contributed by atoms with Crippen LogP contribution in [0.15, 0.2) is 24.4 Å². The summed E-state index contributed by atoms with van der Waals surface area (Å²) < 4.78 is 38.0.